The predicted octanol–water partition coefficient (Wildman–Crippen LogP) is 1.86. The number of alkyl halides is 3. The second-order valence-corrected chi connectivity index (χ2v) is 6.86. The van der Waals surface area contributed by atoms with Gasteiger partial charge in [-0.15, -0.1) is 0 Å². The fourth-order valence-corrected chi connectivity index (χ4v) is 3.49. The lowest BCUT2D eigenvalue weighted by Crippen LogP contribution is -2.51. The first kappa shape index (κ1) is 19.1. The summed E-state index contributed by atoms with van der Waals surface area (Å²) in [5.74, 6) is -0.000307. The van der Waals surface area contributed by atoms with Crippen LogP contribution in [0, 0.1) is 0 Å². The molecule has 0 saturated carbocycles. The highest BCUT2D eigenvalue weighted by atomic mass is 19.4. The van der Waals surface area contributed by atoms with Crippen molar-refractivity contribution >= 4 is 5.91 Å². The van der Waals surface area contributed by atoms with E-state index in [1.165, 1.54) is 12.1 Å². The predicted molar refractivity (Wildman–Crippen MR) is 90.3 cm³/mol. The van der Waals surface area contributed by atoms with Crippen LogP contribution in [0.1, 0.15) is 24.0 Å². The molecule has 1 aromatic rings. The maximum atomic E-state index is 12.8. The van der Waals surface area contributed by atoms with Crippen LogP contribution in [-0.4, -0.2) is 60.6 Å². The summed E-state index contributed by atoms with van der Waals surface area (Å²) in [6.45, 7) is 3.26. The van der Waals surface area contributed by atoms with Crippen molar-refractivity contribution in [1.82, 2.24) is 9.80 Å². The number of carbonyl (C=O) groups excluding carboxylic acids is 1. The van der Waals surface area contributed by atoms with E-state index in [-0.39, 0.29) is 12.0 Å². The Bertz CT molecular complexity index is 630. The Balaban J connectivity index is 1.50. The van der Waals surface area contributed by atoms with Gasteiger partial charge in [-0.2, -0.15) is 13.2 Å². The van der Waals surface area contributed by atoms with E-state index in [1.807, 2.05) is 0 Å². The molecule has 1 amide bonds. The zero-order chi connectivity index (χ0) is 18.7. The molecule has 2 atom stereocenters. The van der Waals surface area contributed by atoms with Crippen LogP contribution in [0.5, 0.6) is 0 Å². The molecule has 2 heterocycles. The third-order valence-electron chi connectivity index (χ3n) is 4.99. The van der Waals surface area contributed by atoms with Gasteiger partial charge in [0.15, 0.2) is 0 Å². The van der Waals surface area contributed by atoms with Gasteiger partial charge in [-0.25, -0.2) is 0 Å². The molecule has 5 nitrogen and oxygen atoms in total. The maximum absolute atomic E-state index is 12.8. The Labute approximate surface area is 150 Å². The Kier molecular flexibility index (Phi) is 5.84. The highest BCUT2D eigenvalue weighted by molar-refractivity contribution is 5.81. The summed E-state index contributed by atoms with van der Waals surface area (Å²) in [6, 6.07) is 5.41. The molecule has 2 N–H and O–H groups in total. The summed E-state index contributed by atoms with van der Waals surface area (Å²) < 4.78 is 44.1. The average Bonchev–Trinajstić information content (AvgIpc) is 3.10. The molecule has 2 saturated heterocycles. The smallest absolute Gasteiger partial charge is 0.364 e. The molecular weight excluding hydrogens is 347 g/mol. The fourth-order valence-electron chi connectivity index (χ4n) is 3.49. The highest BCUT2D eigenvalue weighted by Crippen LogP contribution is 2.30. The molecule has 0 unspecified atom stereocenters. The summed E-state index contributed by atoms with van der Waals surface area (Å²) in [7, 11) is 0. The number of amides is 1. The third-order valence-corrected chi connectivity index (χ3v) is 4.99. The number of hydrogen-bond donors (Lipinski definition) is 1. The Morgan fingerprint density at radius 3 is 2.54 bits per heavy atom. The van der Waals surface area contributed by atoms with Gasteiger partial charge in [0.2, 0.25) is 0 Å². The van der Waals surface area contributed by atoms with Crippen molar-refractivity contribution < 1.29 is 22.7 Å². The van der Waals surface area contributed by atoms with E-state index in [9.17, 15) is 18.0 Å². The van der Waals surface area contributed by atoms with Gasteiger partial charge in [0.25, 0.3) is 5.91 Å². The second kappa shape index (κ2) is 7.94. The number of hydrogen-bond acceptors (Lipinski definition) is 4. The molecule has 0 aromatic heterocycles. The summed E-state index contributed by atoms with van der Waals surface area (Å²) in [5.41, 5.74) is 5.58. The quantitative estimate of drug-likeness (QED) is 0.878. The van der Waals surface area contributed by atoms with Gasteiger partial charge in [-0.3, -0.25) is 9.69 Å². The lowest BCUT2D eigenvalue weighted by atomic mass is 10.1. The van der Waals surface area contributed by atoms with Gasteiger partial charge in [-0.1, -0.05) is 18.2 Å². The van der Waals surface area contributed by atoms with Crippen molar-refractivity contribution in [3.63, 3.8) is 0 Å². The van der Waals surface area contributed by atoms with Crippen molar-refractivity contribution in [1.29, 1.82) is 0 Å². The normalized spacial score (nSPS) is 24.8. The van der Waals surface area contributed by atoms with Crippen LogP contribution in [0.2, 0.25) is 0 Å². The van der Waals surface area contributed by atoms with Gasteiger partial charge in [0.05, 0.1) is 11.7 Å². The monoisotopic (exact) mass is 371 g/mol. The van der Waals surface area contributed by atoms with Crippen LogP contribution in [-0.2, 0) is 22.3 Å². The van der Waals surface area contributed by atoms with E-state index < -0.39 is 17.8 Å². The van der Waals surface area contributed by atoms with Gasteiger partial charge in [0, 0.05) is 39.3 Å². The molecule has 2 aliphatic heterocycles. The minimum absolute atomic E-state index is 0.000307. The summed E-state index contributed by atoms with van der Waals surface area (Å²) in [4.78, 5) is 16.3. The molecule has 8 heteroatoms. The zero-order valence-corrected chi connectivity index (χ0v) is 14.5. The van der Waals surface area contributed by atoms with Crippen molar-refractivity contribution in [2.45, 2.75) is 37.8 Å². The first-order valence-corrected chi connectivity index (χ1v) is 8.89. The van der Waals surface area contributed by atoms with E-state index in [2.05, 4.69) is 4.90 Å². The van der Waals surface area contributed by atoms with Crippen LogP contribution < -0.4 is 5.73 Å². The summed E-state index contributed by atoms with van der Waals surface area (Å²) >= 11 is 0. The van der Waals surface area contributed by atoms with E-state index in [0.29, 0.717) is 51.3 Å². The topological polar surface area (TPSA) is 58.8 Å². The largest absolute Gasteiger partial charge is 0.416 e. The number of nitrogens with zero attached hydrogens (tertiary/aromatic N) is 2. The minimum Gasteiger partial charge on any atom is -0.364 e. The fraction of sp³-hybridized carbons (Fsp3) is 0.611. The summed E-state index contributed by atoms with van der Waals surface area (Å²) in [5, 5.41) is 0. The van der Waals surface area contributed by atoms with E-state index in [0.717, 1.165) is 12.5 Å². The van der Waals surface area contributed by atoms with Gasteiger partial charge in [-0.05, 0) is 24.5 Å². The Hall–Kier alpha value is -1.64. The van der Waals surface area contributed by atoms with Gasteiger partial charge in [0.1, 0.15) is 6.10 Å². The first-order valence-electron chi connectivity index (χ1n) is 8.89. The highest BCUT2D eigenvalue weighted by Gasteiger charge is 2.34. The number of carbonyl (C=O) groups is 1. The summed E-state index contributed by atoms with van der Waals surface area (Å²) in [6.07, 6.45) is -3.26. The molecule has 3 rings (SSSR count). The van der Waals surface area contributed by atoms with Crippen LogP contribution in [0.3, 0.4) is 0 Å². The van der Waals surface area contributed by atoms with E-state index in [1.54, 1.807) is 11.0 Å². The average molecular weight is 371 g/mol. The molecular formula is C18H24F3N3O2. The third kappa shape index (κ3) is 4.55. The van der Waals surface area contributed by atoms with Crippen LogP contribution in [0.4, 0.5) is 13.2 Å². The lowest BCUT2D eigenvalue weighted by molar-refractivity contribution is -0.144. The van der Waals surface area contributed by atoms with Gasteiger partial charge < -0.3 is 15.4 Å². The number of halogens is 3. The molecule has 0 aliphatic carbocycles. The second-order valence-electron chi connectivity index (χ2n) is 6.86. The number of ether oxygens (including phenoxy) is 1. The molecule has 26 heavy (non-hydrogen) atoms. The Morgan fingerprint density at radius 2 is 1.92 bits per heavy atom. The van der Waals surface area contributed by atoms with E-state index >= 15 is 0 Å². The van der Waals surface area contributed by atoms with Gasteiger partial charge >= 0.3 is 6.18 Å². The standard InChI is InChI=1S/C18H24F3N3O2/c19-18(20,21)14-3-1-2-13(10-14)12-23-6-8-24(9-7-23)17(25)16-5-4-15(11-22)26-16/h1-3,10,15-16H,4-9,11-12,22H2/t15-,16+/m1/s1. The zero-order valence-electron chi connectivity index (χ0n) is 14.5. The molecule has 2 aliphatic rings. The van der Waals surface area contributed by atoms with Crippen molar-refractivity contribution in [3.05, 3.63) is 35.4 Å². The van der Waals surface area contributed by atoms with Crippen molar-refractivity contribution in [2.75, 3.05) is 32.7 Å². The lowest BCUT2D eigenvalue weighted by Gasteiger charge is -2.36. The maximum Gasteiger partial charge on any atom is 0.416 e. The molecule has 0 spiro atoms. The number of piperazine rings is 1. The van der Waals surface area contributed by atoms with Crippen molar-refractivity contribution in [3.8, 4) is 0 Å². The Morgan fingerprint density at radius 1 is 1.19 bits per heavy atom. The SMILES string of the molecule is NC[C@H]1CC[C@@H](C(=O)N2CCN(Cc3cccc(C(F)(F)F)c3)CC2)O1. The van der Waals surface area contributed by atoms with Crippen LogP contribution in [0.25, 0.3) is 0 Å². The number of benzene rings is 1. The minimum atomic E-state index is -4.33. The number of nitrogens with two attached hydrogens (primary N) is 1. The molecule has 144 valence electrons. The van der Waals surface area contributed by atoms with E-state index in [4.69, 9.17) is 10.5 Å². The molecule has 1 aromatic carbocycles. The number of rotatable bonds is 4. The van der Waals surface area contributed by atoms with Crippen LogP contribution >= 0.6 is 0 Å². The van der Waals surface area contributed by atoms with Crippen LogP contribution in [0.15, 0.2) is 24.3 Å². The first-order chi connectivity index (χ1) is 12.4. The molecule has 2 fully saturated rings. The molecule has 0 radical (unpaired) electrons. The molecule has 0 bridgehead atoms. The van der Waals surface area contributed by atoms with Crippen molar-refractivity contribution in [2.24, 2.45) is 5.73 Å².